The van der Waals surface area contributed by atoms with Crippen LogP contribution in [-0.2, 0) is 4.79 Å². The normalized spacial score (nSPS) is 14.5. The van der Waals surface area contributed by atoms with Crippen LogP contribution in [0.3, 0.4) is 0 Å². The molecule has 0 bridgehead atoms. The van der Waals surface area contributed by atoms with Crippen LogP contribution in [0.5, 0.6) is 0 Å². The van der Waals surface area contributed by atoms with Crippen LogP contribution in [0.15, 0.2) is 0 Å². The summed E-state index contributed by atoms with van der Waals surface area (Å²) in [5, 5.41) is 17.3. The molecular weight excluding hydrogens is 162 g/mol. The fourth-order valence-electron chi connectivity index (χ4n) is 0.747. The van der Waals surface area contributed by atoms with Gasteiger partial charge in [0, 0.05) is 6.23 Å². The van der Waals surface area contributed by atoms with E-state index in [1.165, 1.54) is 0 Å². The Balaban J connectivity index is 3.93. The highest BCUT2D eigenvalue weighted by Gasteiger charge is 2.26. The monoisotopic (exact) mass is 177 g/mol. The molecule has 0 rings (SSSR count). The average molecular weight is 177 g/mol. The number of nitrogens with two attached hydrogens (primary N) is 1. The molecule has 0 saturated heterocycles. The van der Waals surface area contributed by atoms with E-state index in [9.17, 15) is 4.79 Å². The molecule has 0 aromatic heterocycles. The Labute approximate surface area is 67.0 Å². The van der Waals surface area contributed by atoms with Crippen LogP contribution < -0.4 is 5.73 Å². The minimum atomic E-state index is -1.75. The van der Waals surface area contributed by atoms with E-state index in [1.807, 2.05) is 13.1 Å². The maximum atomic E-state index is 10.3. The molecule has 0 aliphatic rings. The maximum absolute atomic E-state index is 10.3. The van der Waals surface area contributed by atoms with Crippen LogP contribution in [0.2, 0.25) is 19.1 Å². The third kappa shape index (κ3) is 4.13. The summed E-state index contributed by atoms with van der Waals surface area (Å²) in [7, 11) is -1.75. The van der Waals surface area contributed by atoms with Crippen molar-refractivity contribution in [2.75, 3.05) is 6.23 Å². The molecular formula is C6H15NO3Si. The number of hydrogen-bond donors (Lipinski definition) is 3. The first-order valence-corrected chi connectivity index (χ1v) is 6.90. The number of carboxylic acids is 1. The number of rotatable bonds is 4. The van der Waals surface area contributed by atoms with Gasteiger partial charge < -0.3 is 15.9 Å². The van der Waals surface area contributed by atoms with E-state index in [2.05, 4.69) is 0 Å². The maximum Gasteiger partial charge on any atom is 0.320 e. The lowest BCUT2D eigenvalue weighted by atomic mass is 10.4. The number of carbonyl (C=O) groups is 1. The molecule has 0 heterocycles. The van der Waals surface area contributed by atoms with E-state index < -0.39 is 20.1 Å². The molecule has 4 N–H and O–H groups in total. The first-order chi connectivity index (χ1) is 4.89. The number of aliphatic hydroxyl groups is 1. The lowest BCUT2D eigenvalue weighted by Crippen LogP contribution is -2.42. The Hall–Kier alpha value is -0.393. The van der Waals surface area contributed by atoms with Gasteiger partial charge in [0.1, 0.15) is 6.04 Å². The summed E-state index contributed by atoms with van der Waals surface area (Å²) in [6, 6.07) is -0.387. The largest absolute Gasteiger partial charge is 0.480 e. The Morgan fingerprint density at radius 3 is 2.36 bits per heavy atom. The number of aliphatic carboxylic acids is 1. The van der Waals surface area contributed by atoms with Gasteiger partial charge in [-0.15, -0.1) is 0 Å². The highest BCUT2D eigenvalue weighted by Crippen LogP contribution is 2.09. The van der Waals surface area contributed by atoms with E-state index >= 15 is 0 Å². The van der Waals surface area contributed by atoms with Crippen molar-refractivity contribution in [3.05, 3.63) is 0 Å². The fourth-order valence-corrected chi connectivity index (χ4v) is 2.24. The second kappa shape index (κ2) is 3.84. The fraction of sp³-hybridized carbons (Fsp3) is 0.833. The molecule has 0 aliphatic carbocycles. The average Bonchev–Trinajstić information content (AvgIpc) is 1.87. The zero-order valence-electron chi connectivity index (χ0n) is 6.87. The first-order valence-electron chi connectivity index (χ1n) is 3.48. The first kappa shape index (κ1) is 10.6. The molecule has 4 nitrogen and oxygen atoms in total. The predicted molar refractivity (Wildman–Crippen MR) is 45.0 cm³/mol. The Morgan fingerprint density at radius 2 is 2.09 bits per heavy atom. The molecule has 0 amide bonds. The third-order valence-electron chi connectivity index (χ3n) is 1.52. The van der Waals surface area contributed by atoms with Gasteiger partial charge in [0.2, 0.25) is 0 Å². The van der Waals surface area contributed by atoms with Crippen molar-refractivity contribution in [1.82, 2.24) is 0 Å². The van der Waals surface area contributed by atoms with Crippen LogP contribution in [0.1, 0.15) is 0 Å². The molecule has 0 saturated carbocycles. The van der Waals surface area contributed by atoms with Crippen LogP contribution in [-0.4, -0.2) is 36.5 Å². The Morgan fingerprint density at radius 1 is 1.64 bits per heavy atom. The third-order valence-corrected chi connectivity index (χ3v) is 3.92. The van der Waals surface area contributed by atoms with Gasteiger partial charge in [0.25, 0.3) is 0 Å². The van der Waals surface area contributed by atoms with Gasteiger partial charge in [0.15, 0.2) is 0 Å². The van der Waals surface area contributed by atoms with Crippen LogP contribution in [0.25, 0.3) is 0 Å². The summed E-state index contributed by atoms with van der Waals surface area (Å²) in [5.41, 5.74) is 5.30. The van der Waals surface area contributed by atoms with Crippen molar-refractivity contribution in [3.8, 4) is 0 Å². The summed E-state index contributed by atoms with van der Waals surface area (Å²) in [6.07, 6.45) is 0.0913. The van der Waals surface area contributed by atoms with Crippen molar-refractivity contribution in [2.24, 2.45) is 5.73 Å². The van der Waals surface area contributed by atoms with Crippen molar-refractivity contribution < 1.29 is 15.0 Å². The molecule has 0 aromatic carbocycles. The quantitative estimate of drug-likeness (QED) is 0.512. The van der Waals surface area contributed by atoms with E-state index in [-0.39, 0.29) is 6.23 Å². The summed E-state index contributed by atoms with van der Waals surface area (Å²) >= 11 is 0. The molecule has 11 heavy (non-hydrogen) atoms. The molecule has 0 aromatic rings. The molecule has 0 spiro atoms. The topological polar surface area (TPSA) is 83.5 Å². The standard InChI is InChI=1S/C6H15NO3Si/c1-11(2,4-8)3-5(7)6(9)10/h5,8H,3-4,7H2,1-2H3,(H,9,10)/t5-/m1/s1. The molecule has 0 radical (unpaired) electrons. The minimum absolute atomic E-state index is 0.0913. The van der Waals surface area contributed by atoms with Crippen molar-refractivity contribution in [2.45, 2.75) is 25.2 Å². The molecule has 1 atom stereocenters. The van der Waals surface area contributed by atoms with E-state index in [0.29, 0.717) is 6.04 Å². The number of hydrogen-bond acceptors (Lipinski definition) is 3. The summed E-state index contributed by atoms with van der Waals surface area (Å²) < 4.78 is 0. The zero-order valence-corrected chi connectivity index (χ0v) is 7.87. The van der Waals surface area contributed by atoms with Crippen LogP contribution in [0, 0.1) is 0 Å². The zero-order chi connectivity index (χ0) is 9.07. The van der Waals surface area contributed by atoms with Crippen molar-refractivity contribution in [3.63, 3.8) is 0 Å². The summed E-state index contributed by atoms with van der Waals surface area (Å²) in [5.74, 6) is -0.987. The van der Waals surface area contributed by atoms with Gasteiger partial charge in [-0.3, -0.25) is 4.79 Å². The number of aliphatic hydroxyl groups excluding tert-OH is 1. The lowest BCUT2D eigenvalue weighted by molar-refractivity contribution is -0.138. The second-order valence-corrected chi connectivity index (χ2v) is 8.52. The van der Waals surface area contributed by atoms with E-state index in [1.54, 1.807) is 0 Å². The highest BCUT2D eigenvalue weighted by atomic mass is 28.3. The molecule has 0 fully saturated rings. The van der Waals surface area contributed by atoms with Gasteiger partial charge >= 0.3 is 5.97 Å². The van der Waals surface area contributed by atoms with Crippen LogP contribution in [0.4, 0.5) is 0 Å². The lowest BCUT2D eigenvalue weighted by Gasteiger charge is -2.20. The highest BCUT2D eigenvalue weighted by molar-refractivity contribution is 6.77. The molecule has 0 unspecified atom stereocenters. The van der Waals surface area contributed by atoms with Gasteiger partial charge in [-0.25, -0.2) is 0 Å². The smallest absolute Gasteiger partial charge is 0.320 e. The predicted octanol–water partition coefficient (Wildman–Crippen LogP) is -0.362. The van der Waals surface area contributed by atoms with Gasteiger partial charge in [0.05, 0.1) is 8.07 Å². The van der Waals surface area contributed by atoms with Crippen molar-refractivity contribution in [1.29, 1.82) is 0 Å². The second-order valence-electron chi connectivity index (χ2n) is 3.47. The summed E-state index contributed by atoms with van der Waals surface area (Å²) in [6.45, 7) is 3.82. The van der Waals surface area contributed by atoms with Gasteiger partial charge in [-0.1, -0.05) is 13.1 Å². The molecule has 5 heteroatoms. The Bertz CT molecular complexity index is 149. The van der Waals surface area contributed by atoms with Gasteiger partial charge in [-0.2, -0.15) is 0 Å². The van der Waals surface area contributed by atoms with Crippen LogP contribution >= 0.6 is 0 Å². The SMILES string of the molecule is C[Si](C)(CO)C[C@@H](N)C(=O)O. The Kier molecular flexibility index (Phi) is 3.71. The minimum Gasteiger partial charge on any atom is -0.480 e. The van der Waals surface area contributed by atoms with E-state index in [4.69, 9.17) is 15.9 Å². The molecule has 0 aliphatic heterocycles. The molecule has 66 valence electrons. The van der Waals surface area contributed by atoms with Gasteiger partial charge in [-0.05, 0) is 6.04 Å². The number of carboxylic acid groups (broad SMARTS) is 1. The van der Waals surface area contributed by atoms with Crippen molar-refractivity contribution >= 4 is 14.0 Å². The summed E-state index contributed by atoms with van der Waals surface area (Å²) in [4.78, 5) is 10.3. The van der Waals surface area contributed by atoms with E-state index in [0.717, 1.165) is 0 Å².